The molecule has 1 unspecified atom stereocenters. The van der Waals surface area contributed by atoms with Crippen LogP contribution >= 0.6 is 0 Å². The van der Waals surface area contributed by atoms with Crippen molar-refractivity contribution in [1.29, 1.82) is 0 Å². The van der Waals surface area contributed by atoms with E-state index in [1.807, 2.05) is 0 Å². The maximum absolute atomic E-state index is 12.7. The molecule has 0 saturated heterocycles. The summed E-state index contributed by atoms with van der Waals surface area (Å²) >= 11 is 0. The molecule has 4 heteroatoms. The number of aliphatic hydroxyl groups is 1. The van der Waals surface area contributed by atoms with E-state index in [4.69, 9.17) is 10.5 Å². The minimum absolute atomic E-state index is 0.324. The molecule has 0 aliphatic rings. The van der Waals surface area contributed by atoms with E-state index in [2.05, 4.69) is 0 Å². The highest BCUT2D eigenvalue weighted by Gasteiger charge is 2.03. The lowest BCUT2D eigenvalue weighted by molar-refractivity contribution is 0.133. The maximum Gasteiger partial charge on any atom is 0.126 e. The van der Waals surface area contributed by atoms with Crippen molar-refractivity contribution < 1.29 is 14.2 Å². The van der Waals surface area contributed by atoms with Gasteiger partial charge >= 0.3 is 0 Å². The van der Waals surface area contributed by atoms with Gasteiger partial charge in [-0.25, -0.2) is 4.39 Å². The van der Waals surface area contributed by atoms with Crippen LogP contribution in [0.5, 0.6) is 5.75 Å². The smallest absolute Gasteiger partial charge is 0.126 e. The first-order valence-corrected chi connectivity index (χ1v) is 4.99. The Hall–Kier alpha value is -1.13. The number of nitrogens with two attached hydrogens (primary N) is 1. The standard InChI is InChI=1S/C11H16FNO2/c12-9-2-1-3-11(8-9)15-7-5-10(14)4-6-13/h1-3,8,10,14H,4-7,13H2. The predicted octanol–water partition coefficient (Wildman–Crippen LogP) is 1.30. The van der Waals surface area contributed by atoms with Crippen LogP contribution in [0.1, 0.15) is 12.8 Å². The van der Waals surface area contributed by atoms with Crippen LogP contribution in [-0.4, -0.2) is 24.4 Å². The zero-order valence-electron chi connectivity index (χ0n) is 8.53. The molecule has 0 aliphatic carbocycles. The third kappa shape index (κ3) is 4.76. The fraction of sp³-hybridized carbons (Fsp3) is 0.455. The Labute approximate surface area is 88.7 Å². The molecular formula is C11H16FNO2. The molecule has 0 aromatic heterocycles. The first-order valence-electron chi connectivity index (χ1n) is 4.99. The SMILES string of the molecule is NCCC(O)CCOc1cccc(F)c1. The van der Waals surface area contributed by atoms with Crippen molar-refractivity contribution in [3.8, 4) is 5.75 Å². The average molecular weight is 213 g/mol. The van der Waals surface area contributed by atoms with Crippen LogP contribution in [0.4, 0.5) is 4.39 Å². The normalized spacial score (nSPS) is 12.5. The highest BCUT2D eigenvalue weighted by molar-refractivity contribution is 5.22. The second-order valence-corrected chi connectivity index (χ2v) is 3.33. The van der Waals surface area contributed by atoms with Gasteiger partial charge in [0, 0.05) is 12.5 Å². The zero-order chi connectivity index (χ0) is 11.1. The van der Waals surface area contributed by atoms with Crippen molar-refractivity contribution >= 4 is 0 Å². The molecule has 3 nitrogen and oxygen atoms in total. The number of hydrogen-bond acceptors (Lipinski definition) is 3. The number of halogens is 1. The third-order valence-electron chi connectivity index (χ3n) is 2.02. The van der Waals surface area contributed by atoms with Gasteiger partial charge in [-0.15, -0.1) is 0 Å². The molecule has 1 rings (SSSR count). The van der Waals surface area contributed by atoms with Gasteiger partial charge in [0.25, 0.3) is 0 Å². The quantitative estimate of drug-likeness (QED) is 0.749. The van der Waals surface area contributed by atoms with Crippen LogP contribution in [0, 0.1) is 5.82 Å². The van der Waals surface area contributed by atoms with Gasteiger partial charge in [-0.3, -0.25) is 0 Å². The summed E-state index contributed by atoms with van der Waals surface area (Å²) in [6.45, 7) is 0.825. The van der Waals surface area contributed by atoms with Gasteiger partial charge < -0.3 is 15.6 Å². The molecule has 1 atom stereocenters. The fourth-order valence-electron chi connectivity index (χ4n) is 1.21. The summed E-state index contributed by atoms with van der Waals surface area (Å²) in [6, 6.07) is 5.94. The molecule has 3 N–H and O–H groups in total. The molecule has 1 aromatic rings. The van der Waals surface area contributed by atoms with Crippen LogP contribution in [0.15, 0.2) is 24.3 Å². The van der Waals surface area contributed by atoms with Crippen molar-refractivity contribution in [1.82, 2.24) is 0 Å². The van der Waals surface area contributed by atoms with Crippen molar-refractivity contribution in [3.63, 3.8) is 0 Å². The summed E-state index contributed by atoms with van der Waals surface area (Å²) in [5.41, 5.74) is 5.28. The van der Waals surface area contributed by atoms with Crippen molar-refractivity contribution in [2.75, 3.05) is 13.2 Å². The fourth-order valence-corrected chi connectivity index (χ4v) is 1.21. The number of hydrogen-bond donors (Lipinski definition) is 2. The molecule has 0 fully saturated rings. The molecule has 0 radical (unpaired) electrons. The molecule has 15 heavy (non-hydrogen) atoms. The summed E-state index contributed by atoms with van der Waals surface area (Å²) in [5, 5.41) is 9.35. The molecule has 1 aromatic carbocycles. The Balaban J connectivity index is 2.25. The monoisotopic (exact) mass is 213 g/mol. The summed E-state index contributed by atoms with van der Waals surface area (Å²) < 4.78 is 18.0. The Morgan fingerprint density at radius 1 is 1.40 bits per heavy atom. The van der Waals surface area contributed by atoms with Crippen molar-refractivity contribution in [2.24, 2.45) is 5.73 Å². The Morgan fingerprint density at radius 2 is 2.20 bits per heavy atom. The second kappa shape index (κ2) is 6.37. The largest absolute Gasteiger partial charge is 0.493 e. The lowest BCUT2D eigenvalue weighted by atomic mass is 10.2. The molecule has 84 valence electrons. The number of aliphatic hydroxyl groups excluding tert-OH is 1. The first kappa shape index (κ1) is 11.9. The topological polar surface area (TPSA) is 55.5 Å². The lowest BCUT2D eigenvalue weighted by Crippen LogP contribution is -2.16. The Bertz CT molecular complexity index is 294. The van der Waals surface area contributed by atoms with Crippen LogP contribution in [0.3, 0.4) is 0 Å². The van der Waals surface area contributed by atoms with Crippen LogP contribution in [-0.2, 0) is 0 Å². The van der Waals surface area contributed by atoms with Crippen molar-refractivity contribution in [3.05, 3.63) is 30.1 Å². The zero-order valence-corrected chi connectivity index (χ0v) is 8.53. The minimum atomic E-state index is -0.441. The van der Waals surface area contributed by atoms with E-state index in [9.17, 15) is 9.50 Å². The molecule has 0 aliphatic heterocycles. The first-order chi connectivity index (χ1) is 7.22. The van der Waals surface area contributed by atoms with Gasteiger partial charge in [-0.1, -0.05) is 6.07 Å². The molecule has 0 bridgehead atoms. The average Bonchev–Trinajstić information content (AvgIpc) is 2.18. The van der Waals surface area contributed by atoms with E-state index in [1.54, 1.807) is 12.1 Å². The number of ether oxygens (including phenoxy) is 1. The van der Waals surface area contributed by atoms with E-state index in [1.165, 1.54) is 12.1 Å². The van der Waals surface area contributed by atoms with Crippen LogP contribution in [0.25, 0.3) is 0 Å². The van der Waals surface area contributed by atoms with Gasteiger partial charge in [0.15, 0.2) is 0 Å². The van der Waals surface area contributed by atoms with E-state index in [0.29, 0.717) is 31.7 Å². The maximum atomic E-state index is 12.7. The molecule has 0 heterocycles. The highest BCUT2D eigenvalue weighted by Crippen LogP contribution is 2.12. The lowest BCUT2D eigenvalue weighted by Gasteiger charge is -2.10. The van der Waals surface area contributed by atoms with Crippen LogP contribution in [0.2, 0.25) is 0 Å². The minimum Gasteiger partial charge on any atom is -0.493 e. The van der Waals surface area contributed by atoms with Gasteiger partial charge in [0.05, 0.1) is 12.7 Å². The second-order valence-electron chi connectivity index (χ2n) is 3.33. The van der Waals surface area contributed by atoms with E-state index >= 15 is 0 Å². The molecule has 0 amide bonds. The summed E-state index contributed by atoms with van der Waals surface area (Å²) in [6.07, 6.45) is 0.629. The summed E-state index contributed by atoms with van der Waals surface area (Å²) in [4.78, 5) is 0. The summed E-state index contributed by atoms with van der Waals surface area (Å²) in [5.74, 6) is 0.157. The van der Waals surface area contributed by atoms with Gasteiger partial charge in [-0.05, 0) is 25.1 Å². The predicted molar refractivity (Wildman–Crippen MR) is 56.2 cm³/mol. The Kier molecular flexibility index (Phi) is 5.07. The van der Waals surface area contributed by atoms with E-state index in [0.717, 1.165) is 0 Å². The highest BCUT2D eigenvalue weighted by atomic mass is 19.1. The molecule has 0 spiro atoms. The Morgan fingerprint density at radius 3 is 2.87 bits per heavy atom. The molecular weight excluding hydrogens is 197 g/mol. The van der Waals surface area contributed by atoms with Crippen LogP contribution < -0.4 is 10.5 Å². The van der Waals surface area contributed by atoms with Gasteiger partial charge in [-0.2, -0.15) is 0 Å². The van der Waals surface area contributed by atoms with Gasteiger partial charge in [0.2, 0.25) is 0 Å². The number of rotatable bonds is 6. The van der Waals surface area contributed by atoms with Crippen molar-refractivity contribution in [2.45, 2.75) is 18.9 Å². The molecule has 0 saturated carbocycles. The third-order valence-corrected chi connectivity index (χ3v) is 2.02. The van der Waals surface area contributed by atoms with E-state index in [-0.39, 0.29) is 5.82 Å². The van der Waals surface area contributed by atoms with E-state index < -0.39 is 6.10 Å². The number of benzene rings is 1. The van der Waals surface area contributed by atoms with Gasteiger partial charge in [0.1, 0.15) is 11.6 Å². The summed E-state index contributed by atoms with van der Waals surface area (Å²) in [7, 11) is 0.